The van der Waals surface area contributed by atoms with E-state index in [0.717, 1.165) is 0 Å². The van der Waals surface area contributed by atoms with Crippen LogP contribution in [0.15, 0.2) is 34.9 Å². The lowest BCUT2D eigenvalue weighted by Gasteiger charge is -2.10. The average Bonchev–Trinajstić information content (AvgIpc) is 3.15. The molecule has 0 atom stereocenters. The van der Waals surface area contributed by atoms with E-state index in [9.17, 15) is 14.0 Å². The zero-order valence-corrected chi connectivity index (χ0v) is 11.9. The third kappa shape index (κ3) is 3.15. The van der Waals surface area contributed by atoms with E-state index in [1.165, 1.54) is 24.3 Å². The van der Waals surface area contributed by atoms with Crippen LogP contribution in [0.1, 0.15) is 29.1 Å². The van der Waals surface area contributed by atoms with Crippen LogP contribution in [0.25, 0.3) is 0 Å². The van der Waals surface area contributed by atoms with Crippen LogP contribution in [-0.2, 0) is 11.4 Å². The summed E-state index contributed by atoms with van der Waals surface area (Å²) in [6, 6.07) is 7.21. The fraction of sp³-hybridized carbons (Fsp3) is 0.267. The van der Waals surface area contributed by atoms with E-state index in [4.69, 9.17) is 14.4 Å². The van der Waals surface area contributed by atoms with Gasteiger partial charge in [-0.25, -0.2) is 9.18 Å². The molecule has 8 heteroatoms. The summed E-state index contributed by atoms with van der Waals surface area (Å²) in [6.45, 7) is -0.106. The highest BCUT2D eigenvalue weighted by molar-refractivity contribution is 5.97. The number of benzene rings is 1. The molecule has 2 N–H and O–H groups in total. The van der Waals surface area contributed by atoms with Gasteiger partial charge in [0.1, 0.15) is 12.1 Å². The summed E-state index contributed by atoms with van der Waals surface area (Å²) in [5.41, 5.74) is -1.25. The third-order valence-electron chi connectivity index (χ3n) is 3.51. The first-order chi connectivity index (χ1) is 11.0. The first-order valence-electron chi connectivity index (χ1n) is 6.89. The molecular formula is C15H13FN2O5. The first kappa shape index (κ1) is 15.0. The fourth-order valence-electron chi connectivity index (χ4n) is 2.00. The minimum Gasteiger partial charge on any atom is -0.482 e. The van der Waals surface area contributed by atoms with E-state index < -0.39 is 23.2 Å². The standard InChI is InChI=1S/C15H13FN2O5/c16-10-3-1-2-4-12(10)22-8-9-7-11(18-23-9)13(19)17-15(5-6-15)14(20)21/h1-4,7H,5-6,8H2,(H,17,19)(H,20,21). The minimum absolute atomic E-state index is 0.0512. The highest BCUT2D eigenvalue weighted by Crippen LogP contribution is 2.35. The number of hydrogen-bond acceptors (Lipinski definition) is 5. The molecule has 1 saturated carbocycles. The minimum atomic E-state index is -1.19. The lowest BCUT2D eigenvalue weighted by molar-refractivity contribution is -0.140. The molecule has 2 aromatic rings. The number of nitrogens with one attached hydrogen (secondary N) is 1. The number of rotatable bonds is 6. The number of carbonyl (C=O) groups excluding carboxylic acids is 1. The molecule has 1 aromatic carbocycles. The van der Waals surface area contributed by atoms with Crippen molar-refractivity contribution >= 4 is 11.9 Å². The van der Waals surface area contributed by atoms with Crippen molar-refractivity contribution in [2.24, 2.45) is 0 Å². The van der Waals surface area contributed by atoms with Crippen LogP contribution < -0.4 is 10.1 Å². The normalized spacial score (nSPS) is 15.0. The molecule has 1 fully saturated rings. The van der Waals surface area contributed by atoms with E-state index in [0.29, 0.717) is 12.8 Å². The summed E-state index contributed by atoms with van der Waals surface area (Å²) in [7, 11) is 0. The van der Waals surface area contributed by atoms with Crippen LogP contribution in [0.5, 0.6) is 5.75 Å². The Morgan fingerprint density at radius 3 is 2.78 bits per heavy atom. The Labute approximate surface area is 130 Å². The number of nitrogens with zero attached hydrogens (tertiary/aromatic N) is 1. The molecule has 0 bridgehead atoms. The Balaban J connectivity index is 1.61. The van der Waals surface area contributed by atoms with Gasteiger partial charge in [-0.05, 0) is 25.0 Å². The zero-order chi connectivity index (χ0) is 16.4. The van der Waals surface area contributed by atoms with Crippen molar-refractivity contribution in [1.29, 1.82) is 0 Å². The summed E-state index contributed by atoms with van der Waals surface area (Å²) >= 11 is 0. The number of aromatic nitrogens is 1. The summed E-state index contributed by atoms with van der Waals surface area (Å²) in [5.74, 6) is -1.94. The maximum absolute atomic E-state index is 13.4. The predicted octanol–water partition coefficient (Wildman–Crippen LogP) is 1.74. The first-order valence-corrected chi connectivity index (χ1v) is 6.89. The van der Waals surface area contributed by atoms with Gasteiger partial charge in [-0.15, -0.1) is 0 Å². The molecule has 0 saturated heterocycles. The second kappa shape index (κ2) is 5.71. The second-order valence-electron chi connectivity index (χ2n) is 5.24. The summed E-state index contributed by atoms with van der Waals surface area (Å²) in [5, 5.41) is 15.0. The number of hydrogen-bond donors (Lipinski definition) is 2. The number of halogens is 1. The molecule has 0 aliphatic heterocycles. The molecule has 0 unspecified atom stereocenters. The Kier molecular flexibility index (Phi) is 3.73. The van der Waals surface area contributed by atoms with Gasteiger partial charge >= 0.3 is 5.97 Å². The van der Waals surface area contributed by atoms with Crippen molar-refractivity contribution in [2.75, 3.05) is 0 Å². The van der Waals surface area contributed by atoms with E-state index in [-0.39, 0.29) is 23.8 Å². The summed E-state index contributed by atoms with van der Waals surface area (Å²) in [6.07, 6.45) is 0.768. The van der Waals surface area contributed by atoms with E-state index >= 15 is 0 Å². The number of aliphatic carboxylic acids is 1. The van der Waals surface area contributed by atoms with Crippen LogP contribution in [-0.4, -0.2) is 27.7 Å². The van der Waals surface area contributed by atoms with E-state index in [1.807, 2.05) is 0 Å². The summed E-state index contributed by atoms with van der Waals surface area (Å²) < 4.78 is 23.6. The maximum Gasteiger partial charge on any atom is 0.329 e. The molecule has 1 amide bonds. The molecule has 1 aliphatic carbocycles. The van der Waals surface area contributed by atoms with Gasteiger partial charge in [0.2, 0.25) is 0 Å². The molecule has 0 radical (unpaired) electrons. The maximum atomic E-state index is 13.4. The van der Waals surface area contributed by atoms with Gasteiger partial charge < -0.3 is 19.7 Å². The fourth-order valence-corrected chi connectivity index (χ4v) is 2.00. The van der Waals surface area contributed by atoms with Crippen molar-refractivity contribution in [2.45, 2.75) is 25.0 Å². The van der Waals surface area contributed by atoms with Crippen LogP contribution in [0.3, 0.4) is 0 Å². The van der Waals surface area contributed by atoms with Gasteiger partial charge in [0.15, 0.2) is 23.0 Å². The lowest BCUT2D eigenvalue weighted by atomic mass is 10.2. The zero-order valence-electron chi connectivity index (χ0n) is 11.9. The Morgan fingerprint density at radius 2 is 2.13 bits per heavy atom. The molecule has 1 heterocycles. The third-order valence-corrected chi connectivity index (χ3v) is 3.51. The van der Waals surface area contributed by atoms with Gasteiger partial charge in [-0.2, -0.15) is 0 Å². The topological polar surface area (TPSA) is 102 Å². The highest BCUT2D eigenvalue weighted by Gasteiger charge is 2.52. The molecule has 7 nitrogen and oxygen atoms in total. The largest absolute Gasteiger partial charge is 0.482 e. The molecular weight excluding hydrogens is 307 g/mol. The van der Waals surface area contributed by atoms with Crippen LogP contribution in [0, 0.1) is 5.82 Å². The van der Waals surface area contributed by atoms with Gasteiger partial charge in [-0.3, -0.25) is 4.79 Å². The van der Waals surface area contributed by atoms with Crippen molar-refractivity contribution in [3.63, 3.8) is 0 Å². The van der Waals surface area contributed by atoms with Gasteiger partial charge in [0.25, 0.3) is 5.91 Å². The predicted molar refractivity (Wildman–Crippen MR) is 74.3 cm³/mol. The quantitative estimate of drug-likeness (QED) is 0.840. The van der Waals surface area contributed by atoms with E-state index in [1.54, 1.807) is 6.07 Å². The highest BCUT2D eigenvalue weighted by atomic mass is 19.1. The Morgan fingerprint density at radius 1 is 1.39 bits per heavy atom. The average molecular weight is 320 g/mol. The van der Waals surface area contributed by atoms with Crippen LogP contribution in [0.2, 0.25) is 0 Å². The molecule has 120 valence electrons. The lowest BCUT2D eigenvalue weighted by Crippen LogP contribution is -2.43. The number of amides is 1. The molecule has 0 spiro atoms. The number of para-hydroxylation sites is 1. The number of ether oxygens (including phenoxy) is 1. The molecule has 1 aromatic heterocycles. The van der Waals surface area contributed by atoms with Crippen LogP contribution >= 0.6 is 0 Å². The SMILES string of the molecule is O=C(NC1(C(=O)O)CC1)c1cc(COc2ccccc2F)on1. The van der Waals surface area contributed by atoms with Gasteiger partial charge in [-0.1, -0.05) is 17.3 Å². The number of carboxylic acid groups (broad SMARTS) is 1. The molecule has 1 aliphatic rings. The Hall–Kier alpha value is -2.90. The molecule has 23 heavy (non-hydrogen) atoms. The number of carbonyl (C=O) groups is 2. The van der Waals surface area contributed by atoms with Crippen molar-refractivity contribution in [1.82, 2.24) is 10.5 Å². The van der Waals surface area contributed by atoms with Gasteiger partial charge in [0.05, 0.1) is 0 Å². The number of carboxylic acids is 1. The summed E-state index contributed by atoms with van der Waals surface area (Å²) in [4.78, 5) is 23.0. The Bertz CT molecular complexity index is 754. The monoisotopic (exact) mass is 320 g/mol. The van der Waals surface area contributed by atoms with Gasteiger partial charge in [0, 0.05) is 6.07 Å². The van der Waals surface area contributed by atoms with Crippen LogP contribution in [0.4, 0.5) is 4.39 Å². The van der Waals surface area contributed by atoms with Crippen molar-refractivity contribution in [3.8, 4) is 5.75 Å². The van der Waals surface area contributed by atoms with E-state index in [2.05, 4.69) is 10.5 Å². The molecule has 3 rings (SSSR count). The second-order valence-corrected chi connectivity index (χ2v) is 5.24. The van der Waals surface area contributed by atoms with Crippen molar-refractivity contribution < 1.29 is 28.3 Å². The smallest absolute Gasteiger partial charge is 0.329 e. The van der Waals surface area contributed by atoms with Crippen molar-refractivity contribution in [3.05, 3.63) is 47.6 Å².